The molecule has 2 aromatic heterocycles. The number of sulfone groups is 1. The fraction of sp³-hybridized carbons (Fsp3) is 0.371. The average molecular weight is 685 g/mol. The van der Waals surface area contributed by atoms with Crippen molar-refractivity contribution < 1.29 is 17.9 Å². The lowest BCUT2D eigenvalue weighted by molar-refractivity contribution is -0.0446. The van der Waals surface area contributed by atoms with Crippen molar-refractivity contribution in [2.45, 2.75) is 43.9 Å². The third-order valence-electron chi connectivity index (χ3n) is 9.41. The summed E-state index contributed by atoms with van der Waals surface area (Å²) in [7, 11) is -3.73. The molecule has 4 heterocycles. The van der Waals surface area contributed by atoms with Crippen molar-refractivity contribution in [1.82, 2.24) is 29.3 Å². The number of hydrogen-bond donors (Lipinski definition) is 0. The highest BCUT2D eigenvalue weighted by molar-refractivity contribution is 7.92. The molecule has 1 unspecified atom stereocenters. The van der Waals surface area contributed by atoms with Crippen LogP contribution in [0.3, 0.4) is 0 Å². The first-order chi connectivity index (χ1) is 23.8. The number of ether oxygens (including phenoxy) is 2. The maximum atomic E-state index is 13.6. The van der Waals surface area contributed by atoms with Gasteiger partial charge in [0.1, 0.15) is 31.3 Å². The van der Waals surface area contributed by atoms with E-state index < -0.39 is 20.9 Å². The number of benzene rings is 3. The second kappa shape index (κ2) is 13.5. The monoisotopic (exact) mass is 684 g/mol. The Hall–Kier alpha value is -4.95. The van der Waals surface area contributed by atoms with E-state index in [1.54, 1.807) is 35.2 Å². The van der Waals surface area contributed by atoms with Gasteiger partial charge in [0.25, 0.3) is 0 Å². The van der Waals surface area contributed by atoms with Crippen LogP contribution in [0, 0.1) is 0 Å². The van der Waals surface area contributed by atoms with Crippen LogP contribution in [-0.4, -0.2) is 82.4 Å². The summed E-state index contributed by atoms with van der Waals surface area (Å²) < 4.78 is 42.7. The van der Waals surface area contributed by atoms with Crippen LogP contribution >= 0.6 is 0 Å². The lowest BCUT2D eigenvalue weighted by Gasteiger charge is -2.37. The van der Waals surface area contributed by atoms with Gasteiger partial charge in [-0.3, -0.25) is 0 Å². The fourth-order valence-electron chi connectivity index (χ4n) is 6.47. The second-order valence-corrected chi connectivity index (χ2v) is 14.7. The van der Waals surface area contributed by atoms with E-state index in [1.165, 1.54) is 21.9 Å². The van der Waals surface area contributed by atoms with E-state index in [0.29, 0.717) is 11.3 Å². The fourth-order valence-corrected chi connectivity index (χ4v) is 8.49. The van der Waals surface area contributed by atoms with Gasteiger partial charge in [-0.15, -0.1) is 0 Å². The Labute approximate surface area is 285 Å². The molecule has 2 saturated heterocycles. The molecule has 2 aliphatic rings. The lowest BCUT2D eigenvalue weighted by atomic mass is 10.1. The smallest absolute Gasteiger partial charge is 0.350 e. The van der Waals surface area contributed by atoms with E-state index in [-0.39, 0.29) is 30.6 Å². The zero-order valence-corrected chi connectivity index (χ0v) is 28.4. The summed E-state index contributed by atoms with van der Waals surface area (Å²) >= 11 is 0. The molecule has 0 amide bonds. The predicted octanol–water partition coefficient (Wildman–Crippen LogP) is 3.67. The van der Waals surface area contributed by atoms with Crippen LogP contribution < -0.4 is 20.2 Å². The summed E-state index contributed by atoms with van der Waals surface area (Å²) in [6.07, 6.45) is 4.80. The zero-order valence-electron chi connectivity index (χ0n) is 27.6. The van der Waals surface area contributed by atoms with E-state index in [2.05, 4.69) is 37.2 Å². The van der Waals surface area contributed by atoms with E-state index in [4.69, 9.17) is 9.47 Å². The topological polar surface area (TPSA) is 130 Å². The maximum Gasteiger partial charge on any atom is 0.350 e. The number of anilines is 2. The van der Waals surface area contributed by atoms with Crippen molar-refractivity contribution in [2.75, 3.05) is 48.3 Å². The quantitative estimate of drug-likeness (QED) is 0.203. The molecule has 0 aliphatic carbocycles. The van der Waals surface area contributed by atoms with Crippen molar-refractivity contribution in [3.05, 3.63) is 114 Å². The normalized spacial score (nSPS) is 21.1. The van der Waals surface area contributed by atoms with Gasteiger partial charge < -0.3 is 19.3 Å². The molecule has 0 N–H and O–H groups in total. The van der Waals surface area contributed by atoms with Crippen LogP contribution in [0.25, 0.3) is 5.69 Å². The highest BCUT2D eigenvalue weighted by atomic mass is 32.2. The largest absolute Gasteiger partial charge is 0.491 e. The molecule has 2 aliphatic heterocycles. The van der Waals surface area contributed by atoms with Crippen LogP contribution in [0.5, 0.6) is 5.75 Å². The Balaban J connectivity index is 0.942. The lowest BCUT2D eigenvalue weighted by Crippen LogP contribution is -2.46. The molecule has 3 atom stereocenters. The number of nitrogens with zero attached hydrogens (tertiary/aromatic N) is 8. The zero-order chi connectivity index (χ0) is 34.0. The molecule has 0 bridgehead atoms. The Bertz CT molecular complexity index is 2010. The molecular formula is C35H40N8O5S. The van der Waals surface area contributed by atoms with E-state index >= 15 is 0 Å². The summed E-state index contributed by atoms with van der Waals surface area (Å²) in [6.45, 7) is 7.48. The third-order valence-corrected chi connectivity index (χ3v) is 11.7. The molecule has 0 radical (unpaired) electrons. The predicted molar refractivity (Wildman–Crippen MR) is 186 cm³/mol. The van der Waals surface area contributed by atoms with Crippen LogP contribution in [0.4, 0.5) is 11.4 Å². The highest BCUT2D eigenvalue weighted by Crippen LogP contribution is 2.41. The minimum absolute atomic E-state index is 0.0532. The van der Waals surface area contributed by atoms with Gasteiger partial charge in [-0.2, -0.15) is 20.1 Å². The number of hydrogen-bond acceptors (Lipinski definition) is 10. The van der Waals surface area contributed by atoms with E-state index in [9.17, 15) is 13.2 Å². The molecule has 256 valence electrons. The van der Waals surface area contributed by atoms with Crippen LogP contribution in [-0.2, 0) is 26.1 Å². The molecule has 2 fully saturated rings. The molecule has 7 rings (SSSR count). The molecular weight excluding hydrogens is 645 g/mol. The minimum atomic E-state index is -3.73. The highest BCUT2D eigenvalue weighted by Gasteiger charge is 2.55. The minimum Gasteiger partial charge on any atom is -0.491 e. The first kappa shape index (κ1) is 32.6. The SMILES string of the molecule is CCC(C)n1ncn(-c2ccc(N3CCN(c4ccc(OC[C@H]5CS(=O)(=O)[C@](Cn6nccn6)(c6ccccc6)O5)cc4)CC3)cc2)c1=O. The molecule has 5 aromatic rings. The third kappa shape index (κ3) is 6.45. The Morgan fingerprint density at radius 1 is 0.857 bits per heavy atom. The van der Waals surface area contributed by atoms with Crippen LogP contribution in [0.2, 0.25) is 0 Å². The Morgan fingerprint density at radius 2 is 1.45 bits per heavy atom. The summed E-state index contributed by atoms with van der Waals surface area (Å²) in [5, 5.41) is 12.6. The summed E-state index contributed by atoms with van der Waals surface area (Å²) in [5.74, 6) is 0.471. The number of rotatable bonds is 11. The molecule has 0 saturated carbocycles. The molecule has 14 heteroatoms. The van der Waals surface area contributed by atoms with E-state index in [0.717, 1.165) is 49.7 Å². The van der Waals surface area contributed by atoms with Crippen molar-refractivity contribution in [1.29, 1.82) is 0 Å². The van der Waals surface area contributed by atoms with Gasteiger partial charge in [0.2, 0.25) is 4.93 Å². The Kier molecular flexibility index (Phi) is 8.99. The van der Waals surface area contributed by atoms with Crippen molar-refractivity contribution in [2.24, 2.45) is 0 Å². The van der Waals surface area contributed by atoms with Crippen LogP contribution in [0.15, 0.2) is 102 Å². The van der Waals surface area contributed by atoms with Crippen molar-refractivity contribution in [3.63, 3.8) is 0 Å². The van der Waals surface area contributed by atoms with Crippen LogP contribution in [0.1, 0.15) is 31.9 Å². The van der Waals surface area contributed by atoms with Gasteiger partial charge in [0, 0.05) is 43.1 Å². The standard InChI is InChI=1S/C35H40N8O5S/c1-3-27(2)43-34(44)41(26-38-43)31-11-9-29(10-12-31)39-19-21-40(22-20-39)30-13-15-32(16-14-30)47-23-33-24-49(45,46)35(48-33,25-42-36-17-18-37-42)28-7-5-4-6-8-28/h4-18,26-27,33H,3,19-25H2,1-2H3/t27?,33-,35+/m0/s1. The van der Waals surface area contributed by atoms with Gasteiger partial charge >= 0.3 is 5.69 Å². The van der Waals surface area contributed by atoms with Gasteiger partial charge in [0.15, 0.2) is 9.84 Å². The average Bonchev–Trinajstić information content (AvgIpc) is 3.86. The maximum absolute atomic E-state index is 13.6. The Morgan fingerprint density at radius 3 is 2.06 bits per heavy atom. The van der Waals surface area contributed by atoms with E-state index in [1.807, 2.05) is 56.3 Å². The summed E-state index contributed by atoms with van der Waals surface area (Å²) in [4.78, 5) is 17.2. The van der Waals surface area contributed by atoms with Crippen molar-refractivity contribution in [3.8, 4) is 11.4 Å². The van der Waals surface area contributed by atoms with Gasteiger partial charge in [-0.1, -0.05) is 37.3 Å². The number of aromatic nitrogens is 6. The summed E-state index contributed by atoms with van der Waals surface area (Å²) in [6, 6.07) is 24.9. The van der Waals surface area contributed by atoms with Crippen molar-refractivity contribution >= 4 is 21.2 Å². The first-order valence-corrected chi connectivity index (χ1v) is 18.2. The number of piperazine rings is 1. The first-order valence-electron chi connectivity index (χ1n) is 16.6. The molecule has 49 heavy (non-hydrogen) atoms. The van der Waals surface area contributed by atoms with Gasteiger partial charge in [-0.25, -0.2) is 22.5 Å². The van der Waals surface area contributed by atoms with Gasteiger partial charge in [0.05, 0.1) is 29.9 Å². The molecule has 0 spiro atoms. The molecule has 3 aromatic carbocycles. The second-order valence-electron chi connectivity index (χ2n) is 12.5. The van der Waals surface area contributed by atoms with Gasteiger partial charge in [-0.05, 0) is 61.9 Å². The summed E-state index contributed by atoms with van der Waals surface area (Å²) in [5.41, 5.74) is 3.42. The molecule has 13 nitrogen and oxygen atoms in total.